The van der Waals surface area contributed by atoms with Crippen molar-refractivity contribution >= 4 is 8.25 Å². The van der Waals surface area contributed by atoms with Gasteiger partial charge in [0, 0.05) is 0 Å². The highest BCUT2D eigenvalue weighted by Gasteiger charge is 2.25. The molecule has 144 valence electrons. The van der Waals surface area contributed by atoms with Gasteiger partial charge in [0.1, 0.15) is 0 Å². The number of hydrogen-bond acceptors (Lipinski definition) is 4. The summed E-state index contributed by atoms with van der Waals surface area (Å²) < 4.78 is 15.4. The summed E-state index contributed by atoms with van der Waals surface area (Å²) in [4.78, 5) is 8.75. The van der Waals surface area contributed by atoms with Crippen LogP contribution >= 0.6 is 8.25 Å². The molecule has 2 unspecified atom stereocenters. The summed E-state index contributed by atoms with van der Waals surface area (Å²) in [5, 5.41) is 9.42. The van der Waals surface area contributed by atoms with E-state index in [-0.39, 0.29) is 13.2 Å². The van der Waals surface area contributed by atoms with Gasteiger partial charge < -0.3 is 20.3 Å². The molecule has 2 atom stereocenters. The SMILES string of the molecule is CCCCCCCCc1ccc(CCC(N)(CO)CO[PH](=O)O)cc1. The largest absolute Gasteiger partial charge is 0.394 e. The first-order chi connectivity index (χ1) is 12.0. The van der Waals surface area contributed by atoms with Crippen LogP contribution in [0.3, 0.4) is 0 Å². The van der Waals surface area contributed by atoms with Crippen molar-refractivity contribution in [3.63, 3.8) is 0 Å². The average Bonchev–Trinajstić information content (AvgIpc) is 2.62. The summed E-state index contributed by atoms with van der Waals surface area (Å²) >= 11 is 0. The van der Waals surface area contributed by atoms with E-state index >= 15 is 0 Å². The summed E-state index contributed by atoms with van der Waals surface area (Å²) in [5.74, 6) is 0. The van der Waals surface area contributed by atoms with Crippen LogP contribution < -0.4 is 5.73 Å². The Morgan fingerprint density at radius 1 is 1.04 bits per heavy atom. The molecule has 0 aliphatic carbocycles. The predicted octanol–water partition coefficient (Wildman–Crippen LogP) is 3.61. The van der Waals surface area contributed by atoms with E-state index in [0.717, 1.165) is 12.0 Å². The standard InChI is InChI=1S/C19H34NO4P/c1-2-3-4-5-6-7-8-17-9-11-18(12-10-17)13-14-19(20,15-21)16-24-25(22)23/h9-12,21,25H,2-8,13-16,20H2,1H3,(H,22,23). The molecule has 25 heavy (non-hydrogen) atoms. The van der Waals surface area contributed by atoms with Gasteiger partial charge in [-0.3, -0.25) is 4.57 Å². The van der Waals surface area contributed by atoms with Crippen LogP contribution in [0.15, 0.2) is 24.3 Å². The van der Waals surface area contributed by atoms with E-state index in [9.17, 15) is 9.67 Å². The molecule has 0 heterocycles. The first-order valence-corrected chi connectivity index (χ1v) is 10.6. The van der Waals surface area contributed by atoms with Gasteiger partial charge >= 0.3 is 8.25 Å². The van der Waals surface area contributed by atoms with Crippen LogP contribution in [-0.2, 0) is 21.9 Å². The molecular weight excluding hydrogens is 337 g/mol. The fourth-order valence-electron chi connectivity index (χ4n) is 2.78. The molecular formula is C19H34NO4P. The van der Waals surface area contributed by atoms with Crippen LogP contribution in [0, 0.1) is 0 Å². The number of unbranched alkanes of at least 4 members (excludes halogenated alkanes) is 5. The summed E-state index contributed by atoms with van der Waals surface area (Å²) in [5.41, 5.74) is 7.54. The molecule has 0 saturated heterocycles. The number of aliphatic hydroxyl groups excluding tert-OH is 1. The first-order valence-electron chi connectivity index (χ1n) is 9.32. The minimum atomic E-state index is -3.02. The topological polar surface area (TPSA) is 92.8 Å². The van der Waals surface area contributed by atoms with Crippen molar-refractivity contribution in [1.82, 2.24) is 0 Å². The van der Waals surface area contributed by atoms with E-state index in [1.165, 1.54) is 44.1 Å². The van der Waals surface area contributed by atoms with Crippen LogP contribution in [0.5, 0.6) is 0 Å². The Balaban J connectivity index is 2.34. The molecule has 0 spiro atoms. The van der Waals surface area contributed by atoms with Gasteiger partial charge in [0.15, 0.2) is 0 Å². The fourth-order valence-corrected chi connectivity index (χ4v) is 3.19. The zero-order valence-corrected chi connectivity index (χ0v) is 16.4. The fraction of sp³-hybridized carbons (Fsp3) is 0.684. The third-order valence-electron chi connectivity index (χ3n) is 4.55. The van der Waals surface area contributed by atoms with Crippen molar-refractivity contribution in [2.24, 2.45) is 5.73 Å². The maximum atomic E-state index is 10.7. The quantitative estimate of drug-likeness (QED) is 0.343. The second kappa shape index (κ2) is 12.6. The molecule has 1 aromatic carbocycles. The van der Waals surface area contributed by atoms with Crippen LogP contribution in [0.1, 0.15) is 63.0 Å². The number of aliphatic hydroxyl groups is 1. The van der Waals surface area contributed by atoms with Crippen molar-refractivity contribution in [1.29, 1.82) is 0 Å². The Morgan fingerprint density at radius 3 is 2.16 bits per heavy atom. The molecule has 0 aromatic heterocycles. The Labute approximate surface area is 152 Å². The van der Waals surface area contributed by atoms with Crippen LogP contribution in [0.2, 0.25) is 0 Å². The monoisotopic (exact) mass is 371 g/mol. The number of rotatable bonds is 14. The Morgan fingerprint density at radius 2 is 1.60 bits per heavy atom. The molecule has 0 amide bonds. The molecule has 6 heteroatoms. The maximum absolute atomic E-state index is 10.7. The van der Waals surface area contributed by atoms with Gasteiger partial charge in [0.2, 0.25) is 0 Å². The highest BCUT2D eigenvalue weighted by Crippen LogP contribution is 2.20. The molecule has 0 radical (unpaired) electrons. The smallest absolute Gasteiger partial charge is 0.316 e. The zero-order valence-electron chi connectivity index (χ0n) is 15.4. The third kappa shape index (κ3) is 10.1. The second-order valence-corrected chi connectivity index (χ2v) is 7.73. The van der Waals surface area contributed by atoms with Crippen LogP contribution in [0.4, 0.5) is 0 Å². The minimum Gasteiger partial charge on any atom is -0.394 e. The molecule has 1 rings (SSSR count). The molecule has 0 bridgehead atoms. The van der Waals surface area contributed by atoms with E-state index in [1.807, 2.05) is 0 Å². The lowest BCUT2D eigenvalue weighted by molar-refractivity contribution is 0.123. The molecule has 4 N–H and O–H groups in total. The summed E-state index contributed by atoms with van der Waals surface area (Å²) in [6.07, 6.45) is 10.1. The van der Waals surface area contributed by atoms with Crippen molar-refractivity contribution in [2.75, 3.05) is 13.2 Å². The van der Waals surface area contributed by atoms with E-state index in [1.54, 1.807) is 0 Å². The number of benzene rings is 1. The van der Waals surface area contributed by atoms with Gasteiger partial charge in [-0.2, -0.15) is 0 Å². The number of hydrogen-bond donors (Lipinski definition) is 3. The molecule has 0 aliphatic rings. The van der Waals surface area contributed by atoms with Gasteiger partial charge in [-0.1, -0.05) is 63.3 Å². The second-order valence-electron chi connectivity index (χ2n) is 6.91. The van der Waals surface area contributed by atoms with E-state index < -0.39 is 13.8 Å². The van der Waals surface area contributed by atoms with Crippen molar-refractivity contribution in [3.05, 3.63) is 35.4 Å². The van der Waals surface area contributed by atoms with E-state index in [4.69, 9.17) is 15.2 Å². The van der Waals surface area contributed by atoms with E-state index in [0.29, 0.717) is 12.8 Å². The highest BCUT2D eigenvalue weighted by molar-refractivity contribution is 7.32. The minimum absolute atomic E-state index is 0.117. The molecule has 0 fully saturated rings. The Bertz CT molecular complexity index is 495. The average molecular weight is 371 g/mol. The lowest BCUT2D eigenvalue weighted by Crippen LogP contribution is -2.48. The number of aryl methyl sites for hydroxylation is 2. The molecule has 5 nitrogen and oxygen atoms in total. The van der Waals surface area contributed by atoms with Gasteiger partial charge in [-0.05, 0) is 36.8 Å². The summed E-state index contributed by atoms with van der Waals surface area (Å²) in [7, 11) is -3.02. The number of nitrogens with two attached hydrogens (primary N) is 1. The molecule has 0 aliphatic heterocycles. The zero-order chi connectivity index (χ0) is 18.5. The van der Waals surface area contributed by atoms with Gasteiger partial charge in [-0.15, -0.1) is 0 Å². The third-order valence-corrected chi connectivity index (χ3v) is 4.94. The maximum Gasteiger partial charge on any atom is 0.316 e. The van der Waals surface area contributed by atoms with E-state index in [2.05, 4.69) is 31.2 Å². The summed E-state index contributed by atoms with van der Waals surface area (Å²) in [6, 6.07) is 8.50. The predicted molar refractivity (Wildman–Crippen MR) is 103 cm³/mol. The lowest BCUT2D eigenvalue weighted by atomic mass is 9.93. The summed E-state index contributed by atoms with van der Waals surface area (Å²) in [6.45, 7) is 1.84. The van der Waals surface area contributed by atoms with Crippen molar-refractivity contribution in [3.8, 4) is 0 Å². The molecule has 1 aromatic rings. The van der Waals surface area contributed by atoms with Crippen LogP contribution in [0.25, 0.3) is 0 Å². The van der Waals surface area contributed by atoms with Gasteiger partial charge in [-0.25, -0.2) is 0 Å². The lowest BCUT2D eigenvalue weighted by Gasteiger charge is -2.26. The van der Waals surface area contributed by atoms with Gasteiger partial charge in [0.05, 0.1) is 18.8 Å². The first kappa shape index (κ1) is 22.3. The Hall–Kier alpha value is -0.710. The van der Waals surface area contributed by atoms with Crippen LogP contribution in [-0.4, -0.2) is 28.8 Å². The normalized spacial score (nSPS) is 15.0. The Kier molecular flexibility index (Phi) is 11.3. The molecule has 0 saturated carbocycles. The van der Waals surface area contributed by atoms with Crippen molar-refractivity contribution < 1.29 is 19.1 Å². The highest BCUT2D eigenvalue weighted by atomic mass is 31.1. The van der Waals surface area contributed by atoms with Gasteiger partial charge in [0.25, 0.3) is 0 Å². The van der Waals surface area contributed by atoms with Crippen molar-refractivity contribution in [2.45, 2.75) is 70.3 Å².